The summed E-state index contributed by atoms with van der Waals surface area (Å²) in [6.07, 6.45) is 4.27. The minimum Gasteiger partial charge on any atom is -0.497 e. The molecular weight excluding hydrogens is 495 g/mol. The highest BCUT2D eigenvalue weighted by molar-refractivity contribution is 5.92. The summed E-state index contributed by atoms with van der Waals surface area (Å²) >= 11 is 0. The number of urea groups is 1. The Morgan fingerprint density at radius 3 is 2.51 bits per heavy atom. The normalized spacial score (nSPS) is 10.8. The van der Waals surface area contributed by atoms with Gasteiger partial charge in [0.1, 0.15) is 18.1 Å². The topological polar surface area (TPSA) is 77.7 Å². The van der Waals surface area contributed by atoms with Crippen molar-refractivity contribution in [1.82, 2.24) is 14.8 Å². The van der Waals surface area contributed by atoms with Crippen LogP contribution in [0.25, 0.3) is 10.9 Å². The first-order chi connectivity index (χ1) is 19.0. The summed E-state index contributed by atoms with van der Waals surface area (Å²) in [4.78, 5) is 33.4. The molecule has 0 aliphatic rings. The maximum Gasteiger partial charge on any atom is 0.322 e. The standard InChI is InChI=1S/C31H35FN4O3/c1-3-4-17-36(31(38)34-26-9-7-8-25(32)19-26)22-30(37)35(21-23-12-14-27(39-2)15-13-23)18-16-24-20-33-29-11-6-5-10-28(24)29/h5-15,19-20,33H,3-4,16-18,21-22H2,1-2H3,(H,34,38). The van der Waals surface area contributed by atoms with Gasteiger partial charge in [0.05, 0.1) is 7.11 Å². The highest BCUT2D eigenvalue weighted by Gasteiger charge is 2.22. The van der Waals surface area contributed by atoms with Crippen molar-refractivity contribution < 1.29 is 18.7 Å². The average Bonchev–Trinajstić information content (AvgIpc) is 3.36. The molecule has 0 fully saturated rings. The summed E-state index contributed by atoms with van der Waals surface area (Å²) in [7, 11) is 1.62. The number of hydrogen-bond donors (Lipinski definition) is 2. The van der Waals surface area contributed by atoms with Crippen LogP contribution in [-0.4, -0.2) is 53.5 Å². The molecule has 39 heavy (non-hydrogen) atoms. The number of carbonyl (C=O) groups excluding carboxylic acids is 2. The first-order valence-electron chi connectivity index (χ1n) is 13.2. The molecule has 3 amide bonds. The largest absolute Gasteiger partial charge is 0.497 e. The molecule has 7 nitrogen and oxygen atoms in total. The summed E-state index contributed by atoms with van der Waals surface area (Å²) in [5.41, 5.74) is 3.50. The quantitative estimate of drug-likeness (QED) is 0.228. The maximum absolute atomic E-state index is 13.7. The van der Waals surface area contributed by atoms with Crippen LogP contribution < -0.4 is 10.1 Å². The number of ether oxygens (including phenoxy) is 1. The number of fused-ring (bicyclic) bond motifs is 1. The number of methoxy groups -OCH3 is 1. The molecule has 0 atom stereocenters. The van der Waals surface area contributed by atoms with Crippen LogP contribution >= 0.6 is 0 Å². The van der Waals surface area contributed by atoms with E-state index in [9.17, 15) is 14.0 Å². The Labute approximate surface area is 228 Å². The third-order valence-electron chi connectivity index (χ3n) is 6.68. The maximum atomic E-state index is 13.7. The number of halogens is 1. The van der Waals surface area contributed by atoms with Gasteiger partial charge in [-0.25, -0.2) is 9.18 Å². The van der Waals surface area contributed by atoms with Crippen molar-refractivity contribution in [2.45, 2.75) is 32.7 Å². The van der Waals surface area contributed by atoms with Crippen molar-refractivity contribution in [3.63, 3.8) is 0 Å². The molecule has 4 aromatic rings. The van der Waals surface area contributed by atoms with Crippen LogP contribution in [0.1, 0.15) is 30.9 Å². The third-order valence-corrected chi connectivity index (χ3v) is 6.68. The van der Waals surface area contributed by atoms with Gasteiger partial charge in [0, 0.05) is 42.4 Å². The molecule has 0 bridgehead atoms. The molecule has 2 N–H and O–H groups in total. The number of carbonyl (C=O) groups is 2. The Hall–Kier alpha value is -4.33. The Balaban J connectivity index is 1.51. The van der Waals surface area contributed by atoms with Crippen molar-refractivity contribution in [2.75, 3.05) is 32.1 Å². The number of aromatic amines is 1. The fourth-order valence-corrected chi connectivity index (χ4v) is 4.47. The van der Waals surface area contributed by atoms with Crippen LogP contribution in [0.4, 0.5) is 14.9 Å². The zero-order valence-corrected chi connectivity index (χ0v) is 22.5. The zero-order chi connectivity index (χ0) is 27.6. The van der Waals surface area contributed by atoms with Gasteiger partial charge in [0.2, 0.25) is 5.91 Å². The smallest absolute Gasteiger partial charge is 0.322 e. The Morgan fingerprint density at radius 1 is 0.974 bits per heavy atom. The fourth-order valence-electron chi connectivity index (χ4n) is 4.47. The molecule has 3 aromatic carbocycles. The molecule has 8 heteroatoms. The molecule has 0 radical (unpaired) electrons. The second-order valence-corrected chi connectivity index (χ2v) is 9.49. The van der Waals surface area contributed by atoms with E-state index in [1.807, 2.05) is 55.6 Å². The number of para-hydroxylation sites is 1. The van der Waals surface area contributed by atoms with Gasteiger partial charge in [-0.2, -0.15) is 0 Å². The number of nitrogens with one attached hydrogen (secondary N) is 2. The van der Waals surface area contributed by atoms with Crippen LogP contribution in [0.2, 0.25) is 0 Å². The predicted molar refractivity (Wildman–Crippen MR) is 152 cm³/mol. The lowest BCUT2D eigenvalue weighted by atomic mass is 10.1. The molecular formula is C31H35FN4O3. The van der Waals surface area contributed by atoms with Gasteiger partial charge in [0.25, 0.3) is 0 Å². The first-order valence-corrected chi connectivity index (χ1v) is 13.2. The number of anilines is 1. The minimum atomic E-state index is -0.438. The number of H-pyrrole nitrogens is 1. The average molecular weight is 531 g/mol. The molecule has 0 saturated carbocycles. The van der Waals surface area contributed by atoms with Crippen LogP contribution in [0.3, 0.4) is 0 Å². The minimum absolute atomic E-state index is 0.0782. The van der Waals surface area contributed by atoms with E-state index < -0.39 is 11.8 Å². The van der Waals surface area contributed by atoms with Crippen LogP contribution in [0.5, 0.6) is 5.75 Å². The monoisotopic (exact) mass is 530 g/mol. The van der Waals surface area contributed by atoms with Crippen molar-refractivity contribution in [1.29, 1.82) is 0 Å². The fraction of sp³-hybridized carbons (Fsp3) is 0.290. The Bertz CT molecular complexity index is 1390. The van der Waals surface area contributed by atoms with Crippen molar-refractivity contribution in [3.05, 3.63) is 95.9 Å². The molecule has 204 valence electrons. The lowest BCUT2D eigenvalue weighted by molar-refractivity contribution is -0.132. The first kappa shape index (κ1) is 27.7. The van der Waals surface area contributed by atoms with E-state index in [1.165, 1.54) is 23.1 Å². The molecule has 1 heterocycles. The Morgan fingerprint density at radius 2 is 1.77 bits per heavy atom. The van der Waals surface area contributed by atoms with E-state index in [4.69, 9.17) is 4.74 Å². The van der Waals surface area contributed by atoms with Crippen LogP contribution in [0.15, 0.2) is 79.0 Å². The van der Waals surface area contributed by atoms with Gasteiger partial charge >= 0.3 is 6.03 Å². The van der Waals surface area contributed by atoms with Gasteiger partial charge in [-0.1, -0.05) is 49.7 Å². The Kier molecular flexibility index (Phi) is 9.56. The van der Waals surface area contributed by atoms with Crippen LogP contribution in [-0.2, 0) is 17.8 Å². The van der Waals surface area contributed by atoms with Crippen molar-refractivity contribution in [2.24, 2.45) is 0 Å². The zero-order valence-electron chi connectivity index (χ0n) is 22.5. The lowest BCUT2D eigenvalue weighted by Gasteiger charge is -2.28. The number of unbranched alkanes of at least 4 members (excludes halogenated alkanes) is 1. The number of nitrogens with zero attached hydrogens (tertiary/aromatic N) is 2. The second-order valence-electron chi connectivity index (χ2n) is 9.49. The molecule has 0 aliphatic carbocycles. The highest BCUT2D eigenvalue weighted by atomic mass is 19.1. The molecule has 0 spiro atoms. The van der Waals surface area contributed by atoms with Gasteiger partial charge in [-0.15, -0.1) is 0 Å². The van der Waals surface area contributed by atoms with E-state index >= 15 is 0 Å². The molecule has 1 aromatic heterocycles. The van der Waals surface area contributed by atoms with E-state index in [2.05, 4.69) is 16.4 Å². The number of amides is 3. The van der Waals surface area contributed by atoms with Crippen molar-refractivity contribution >= 4 is 28.5 Å². The molecule has 0 unspecified atom stereocenters. The van der Waals surface area contributed by atoms with Gasteiger partial charge < -0.3 is 24.8 Å². The predicted octanol–water partition coefficient (Wildman–Crippen LogP) is 6.22. The molecule has 0 saturated heterocycles. The number of hydrogen-bond acceptors (Lipinski definition) is 3. The number of aromatic nitrogens is 1. The van der Waals surface area contributed by atoms with Gasteiger partial charge in [0.15, 0.2) is 0 Å². The SMILES string of the molecule is CCCCN(CC(=O)N(CCc1c[nH]c2ccccc12)Cc1ccc(OC)cc1)C(=O)Nc1cccc(F)c1. The second kappa shape index (κ2) is 13.5. The molecule has 0 aliphatic heterocycles. The van der Waals surface area contributed by atoms with Gasteiger partial charge in [-0.3, -0.25) is 4.79 Å². The van der Waals surface area contributed by atoms with E-state index in [0.717, 1.165) is 40.6 Å². The van der Waals surface area contributed by atoms with Gasteiger partial charge in [-0.05, 0) is 60.4 Å². The summed E-state index contributed by atoms with van der Waals surface area (Å²) < 4.78 is 18.9. The number of rotatable bonds is 12. The number of benzene rings is 3. The third kappa shape index (κ3) is 7.60. The summed E-state index contributed by atoms with van der Waals surface area (Å²) in [6, 6.07) is 21.0. The summed E-state index contributed by atoms with van der Waals surface area (Å²) in [5, 5.41) is 3.86. The van der Waals surface area contributed by atoms with Crippen molar-refractivity contribution in [3.8, 4) is 5.75 Å². The van der Waals surface area contributed by atoms with Crippen LogP contribution in [0, 0.1) is 5.82 Å². The summed E-state index contributed by atoms with van der Waals surface area (Å²) in [5.74, 6) is 0.151. The van der Waals surface area contributed by atoms with E-state index in [0.29, 0.717) is 31.7 Å². The summed E-state index contributed by atoms with van der Waals surface area (Å²) in [6.45, 7) is 3.26. The highest BCUT2D eigenvalue weighted by Crippen LogP contribution is 2.20. The van der Waals surface area contributed by atoms with E-state index in [-0.39, 0.29) is 12.5 Å². The van der Waals surface area contributed by atoms with E-state index in [1.54, 1.807) is 18.1 Å². The lowest BCUT2D eigenvalue weighted by Crippen LogP contribution is -2.45. The molecule has 4 rings (SSSR count).